The van der Waals surface area contributed by atoms with Crippen molar-refractivity contribution in [3.05, 3.63) is 59.9 Å². The number of methoxy groups -OCH3 is 2. The van der Waals surface area contributed by atoms with E-state index in [1.54, 1.807) is 14.2 Å². The van der Waals surface area contributed by atoms with Crippen molar-refractivity contribution in [2.75, 3.05) is 14.2 Å². The Morgan fingerprint density at radius 1 is 1.12 bits per heavy atom. The standard InChI is InChI=1S/C21H21NO4/c1-24-17-9-10-18(25-2)15(11-17)13-22(16-7-8-16)21(23)20-12-14-5-3-4-6-19(14)26-20/h3-6,9-12,16H,7-8,13H2,1-2H3. The molecule has 1 aliphatic rings. The maximum Gasteiger partial charge on any atom is 0.290 e. The number of rotatable bonds is 6. The lowest BCUT2D eigenvalue weighted by atomic mass is 10.1. The van der Waals surface area contributed by atoms with Gasteiger partial charge in [-0.1, -0.05) is 18.2 Å². The molecule has 0 bridgehead atoms. The molecular formula is C21H21NO4. The van der Waals surface area contributed by atoms with Crippen molar-refractivity contribution in [2.24, 2.45) is 0 Å². The zero-order chi connectivity index (χ0) is 18.1. The van der Waals surface area contributed by atoms with Gasteiger partial charge in [-0.3, -0.25) is 4.79 Å². The van der Waals surface area contributed by atoms with Gasteiger partial charge in [0.25, 0.3) is 5.91 Å². The number of nitrogens with zero attached hydrogens (tertiary/aromatic N) is 1. The fourth-order valence-corrected chi connectivity index (χ4v) is 3.17. The van der Waals surface area contributed by atoms with E-state index in [-0.39, 0.29) is 11.9 Å². The first kappa shape index (κ1) is 16.5. The van der Waals surface area contributed by atoms with Crippen LogP contribution in [0.15, 0.2) is 52.9 Å². The van der Waals surface area contributed by atoms with Crippen LogP contribution in [0.3, 0.4) is 0 Å². The van der Waals surface area contributed by atoms with E-state index in [1.165, 1.54) is 0 Å². The number of amides is 1. The Morgan fingerprint density at radius 3 is 2.62 bits per heavy atom. The summed E-state index contributed by atoms with van der Waals surface area (Å²) in [6.45, 7) is 0.459. The zero-order valence-electron chi connectivity index (χ0n) is 14.9. The van der Waals surface area contributed by atoms with E-state index in [9.17, 15) is 4.79 Å². The lowest BCUT2D eigenvalue weighted by molar-refractivity contribution is 0.0698. The quantitative estimate of drug-likeness (QED) is 0.666. The number of benzene rings is 2. The molecule has 1 heterocycles. The Bertz CT molecular complexity index is 909. The van der Waals surface area contributed by atoms with Crippen LogP contribution >= 0.6 is 0 Å². The summed E-state index contributed by atoms with van der Waals surface area (Å²) in [5.74, 6) is 1.77. The van der Waals surface area contributed by atoms with Gasteiger partial charge in [0, 0.05) is 17.0 Å². The van der Waals surface area contributed by atoms with Crippen LogP contribution in [0.1, 0.15) is 29.0 Å². The molecular weight excluding hydrogens is 330 g/mol. The van der Waals surface area contributed by atoms with Crippen molar-refractivity contribution >= 4 is 16.9 Å². The number of ether oxygens (including phenoxy) is 2. The van der Waals surface area contributed by atoms with E-state index >= 15 is 0 Å². The van der Waals surface area contributed by atoms with E-state index in [0.717, 1.165) is 40.9 Å². The highest BCUT2D eigenvalue weighted by Crippen LogP contribution is 2.33. The van der Waals surface area contributed by atoms with E-state index in [2.05, 4.69) is 0 Å². The summed E-state index contributed by atoms with van der Waals surface area (Å²) < 4.78 is 16.6. The van der Waals surface area contributed by atoms with Crippen LogP contribution in [0.5, 0.6) is 11.5 Å². The monoisotopic (exact) mass is 351 g/mol. The molecule has 3 aromatic rings. The molecule has 0 aliphatic heterocycles. The topological polar surface area (TPSA) is 51.9 Å². The third-order valence-electron chi connectivity index (χ3n) is 4.71. The smallest absolute Gasteiger partial charge is 0.290 e. The highest BCUT2D eigenvalue weighted by Gasteiger charge is 2.35. The number of hydrogen-bond donors (Lipinski definition) is 0. The minimum Gasteiger partial charge on any atom is -0.497 e. The van der Waals surface area contributed by atoms with Crippen molar-refractivity contribution in [3.8, 4) is 11.5 Å². The van der Waals surface area contributed by atoms with Crippen molar-refractivity contribution in [1.82, 2.24) is 4.90 Å². The highest BCUT2D eigenvalue weighted by atomic mass is 16.5. The molecule has 0 radical (unpaired) electrons. The van der Waals surface area contributed by atoms with Crippen molar-refractivity contribution in [2.45, 2.75) is 25.4 Å². The Kier molecular flexibility index (Phi) is 4.29. The van der Waals surface area contributed by atoms with Gasteiger partial charge in [-0.25, -0.2) is 0 Å². The SMILES string of the molecule is COc1ccc(OC)c(CN(C(=O)c2cc3ccccc3o2)C2CC2)c1. The second-order valence-corrected chi connectivity index (χ2v) is 6.49. The van der Waals surface area contributed by atoms with Crippen LogP contribution in [0.25, 0.3) is 11.0 Å². The van der Waals surface area contributed by atoms with Crippen molar-refractivity contribution in [1.29, 1.82) is 0 Å². The molecule has 0 saturated heterocycles. The Morgan fingerprint density at radius 2 is 1.92 bits per heavy atom. The molecule has 5 nitrogen and oxygen atoms in total. The number of carbonyl (C=O) groups excluding carboxylic acids is 1. The minimum absolute atomic E-state index is 0.0893. The molecule has 0 atom stereocenters. The lowest BCUT2D eigenvalue weighted by Crippen LogP contribution is -2.32. The van der Waals surface area contributed by atoms with Gasteiger partial charge in [-0.15, -0.1) is 0 Å². The highest BCUT2D eigenvalue weighted by molar-refractivity contribution is 5.96. The predicted molar refractivity (Wildman–Crippen MR) is 98.7 cm³/mol. The first-order valence-corrected chi connectivity index (χ1v) is 8.70. The summed E-state index contributed by atoms with van der Waals surface area (Å²) in [5.41, 5.74) is 1.65. The van der Waals surface area contributed by atoms with Gasteiger partial charge in [0.05, 0.1) is 20.8 Å². The van der Waals surface area contributed by atoms with Crippen LogP contribution in [0, 0.1) is 0 Å². The number of carbonyl (C=O) groups is 1. The molecule has 26 heavy (non-hydrogen) atoms. The van der Waals surface area contributed by atoms with E-state index in [1.807, 2.05) is 53.4 Å². The predicted octanol–water partition coefficient (Wildman–Crippen LogP) is 4.25. The summed E-state index contributed by atoms with van der Waals surface area (Å²) in [4.78, 5) is 15.0. The third kappa shape index (κ3) is 3.12. The zero-order valence-corrected chi connectivity index (χ0v) is 14.9. The second-order valence-electron chi connectivity index (χ2n) is 6.49. The fourth-order valence-electron chi connectivity index (χ4n) is 3.17. The van der Waals surface area contributed by atoms with Crippen molar-refractivity contribution < 1.29 is 18.7 Å². The molecule has 1 aromatic heterocycles. The number of furan rings is 1. The van der Waals surface area contributed by atoms with Crippen LogP contribution in [0.4, 0.5) is 0 Å². The normalized spacial score (nSPS) is 13.6. The molecule has 134 valence electrons. The maximum atomic E-state index is 13.1. The van der Waals surface area contributed by atoms with Crippen LogP contribution in [-0.2, 0) is 6.54 Å². The van der Waals surface area contributed by atoms with Gasteiger partial charge >= 0.3 is 0 Å². The molecule has 0 unspecified atom stereocenters. The summed E-state index contributed by atoms with van der Waals surface area (Å²) >= 11 is 0. The van der Waals surface area contributed by atoms with Gasteiger partial charge < -0.3 is 18.8 Å². The molecule has 0 N–H and O–H groups in total. The van der Waals surface area contributed by atoms with Crippen LogP contribution in [0.2, 0.25) is 0 Å². The molecule has 2 aromatic carbocycles. The summed E-state index contributed by atoms with van der Waals surface area (Å²) in [7, 11) is 3.26. The average Bonchev–Trinajstić information content (AvgIpc) is 3.42. The Labute approximate surface area is 152 Å². The Balaban J connectivity index is 1.65. The third-order valence-corrected chi connectivity index (χ3v) is 4.71. The molecule has 1 fully saturated rings. The molecule has 1 aliphatic carbocycles. The number of hydrogen-bond acceptors (Lipinski definition) is 4. The fraction of sp³-hybridized carbons (Fsp3) is 0.286. The summed E-state index contributed by atoms with van der Waals surface area (Å²) in [6.07, 6.45) is 2.02. The van der Waals surface area contributed by atoms with E-state index in [4.69, 9.17) is 13.9 Å². The molecule has 5 heteroatoms. The largest absolute Gasteiger partial charge is 0.497 e. The van der Waals surface area contributed by atoms with Gasteiger partial charge in [0.2, 0.25) is 0 Å². The van der Waals surface area contributed by atoms with Crippen LogP contribution in [-0.4, -0.2) is 31.1 Å². The molecule has 1 saturated carbocycles. The van der Waals surface area contributed by atoms with E-state index < -0.39 is 0 Å². The van der Waals surface area contributed by atoms with Gasteiger partial charge in [0.1, 0.15) is 17.1 Å². The number of para-hydroxylation sites is 1. The summed E-state index contributed by atoms with van der Waals surface area (Å²) in [5, 5.41) is 0.936. The first-order valence-electron chi connectivity index (χ1n) is 8.70. The van der Waals surface area contributed by atoms with Gasteiger partial charge in [-0.2, -0.15) is 0 Å². The molecule has 4 rings (SSSR count). The van der Waals surface area contributed by atoms with Crippen molar-refractivity contribution in [3.63, 3.8) is 0 Å². The van der Waals surface area contributed by atoms with Crippen LogP contribution < -0.4 is 9.47 Å². The number of fused-ring (bicyclic) bond motifs is 1. The van der Waals surface area contributed by atoms with Gasteiger partial charge in [-0.05, 0) is 43.2 Å². The van der Waals surface area contributed by atoms with Gasteiger partial charge in [0.15, 0.2) is 5.76 Å². The average molecular weight is 351 g/mol. The molecule has 0 spiro atoms. The van der Waals surface area contributed by atoms with E-state index in [0.29, 0.717) is 12.3 Å². The second kappa shape index (κ2) is 6.75. The molecule has 1 amide bonds. The minimum atomic E-state index is -0.0893. The maximum absolute atomic E-state index is 13.1. The first-order chi connectivity index (χ1) is 12.7. The Hall–Kier alpha value is -2.95. The summed E-state index contributed by atoms with van der Waals surface area (Å²) in [6, 6.07) is 15.4. The lowest BCUT2D eigenvalue weighted by Gasteiger charge is -2.23.